The molecule has 0 spiro atoms. The van der Waals surface area contributed by atoms with Crippen molar-refractivity contribution in [2.24, 2.45) is 0 Å². The second-order valence-electron chi connectivity index (χ2n) is 4.98. The lowest BCUT2D eigenvalue weighted by Crippen LogP contribution is -2.30. The third-order valence-corrected chi connectivity index (χ3v) is 3.41. The van der Waals surface area contributed by atoms with Crippen molar-refractivity contribution in [1.29, 1.82) is 0 Å². The van der Waals surface area contributed by atoms with Crippen molar-refractivity contribution in [3.63, 3.8) is 0 Å². The fourth-order valence-corrected chi connectivity index (χ4v) is 2.29. The summed E-state index contributed by atoms with van der Waals surface area (Å²) in [6.45, 7) is 1.21. The predicted molar refractivity (Wildman–Crippen MR) is 83.7 cm³/mol. The van der Waals surface area contributed by atoms with Crippen LogP contribution < -0.4 is 10.9 Å². The van der Waals surface area contributed by atoms with Crippen molar-refractivity contribution in [1.82, 2.24) is 20.1 Å². The fourth-order valence-electron chi connectivity index (χ4n) is 2.29. The Balaban J connectivity index is 1.64. The molecule has 1 aromatic carbocycles. The number of hydrogen-bond acceptors (Lipinski definition) is 3. The molecular formula is C16H16N4O2. The van der Waals surface area contributed by atoms with Gasteiger partial charge in [-0.25, -0.2) is 0 Å². The van der Waals surface area contributed by atoms with Crippen LogP contribution in [0, 0.1) is 0 Å². The topological polar surface area (TPSA) is 79.8 Å². The van der Waals surface area contributed by atoms with E-state index in [1.165, 1.54) is 0 Å². The van der Waals surface area contributed by atoms with E-state index in [9.17, 15) is 9.59 Å². The summed E-state index contributed by atoms with van der Waals surface area (Å²) in [4.78, 5) is 26.8. The Morgan fingerprint density at radius 3 is 2.95 bits per heavy atom. The molecule has 6 nitrogen and oxygen atoms in total. The molecule has 0 unspecified atom stereocenters. The first-order chi connectivity index (χ1) is 10.7. The quantitative estimate of drug-likeness (QED) is 0.701. The molecule has 22 heavy (non-hydrogen) atoms. The maximum atomic E-state index is 12.1. The first-order valence-electron chi connectivity index (χ1n) is 7.12. The van der Waals surface area contributed by atoms with Gasteiger partial charge < -0.3 is 10.3 Å². The number of rotatable bonds is 5. The number of aryl methyl sites for hydroxylation is 1. The van der Waals surface area contributed by atoms with Gasteiger partial charge in [0.1, 0.15) is 5.56 Å². The Labute approximate surface area is 126 Å². The third kappa shape index (κ3) is 3.06. The normalized spacial score (nSPS) is 10.7. The average Bonchev–Trinajstić information content (AvgIpc) is 3.04. The summed E-state index contributed by atoms with van der Waals surface area (Å²) in [5.41, 5.74) is 0.490. The van der Waals surface area contributed by atoms with Crippen LogP contribution in [0.15, 0.2) is 53.6 Å². The molecule has 3 aromatic rings. The molecule has 0 atom stereocenters. The maximum absolute atomic E-state index is 12.1. The van der Waals surface area contributed by atoms with E-state index >= 15 is 0 Å². The molecule has 6 heteroatoms. The maximum Gasteiger partial charge on any atom is 0.261 e. The van der Waals surface area contributed by atoms with E-state index < -0.39 is 0 Å². The van der Waals surface area contributed by atoms with E-state index in [0.29, 0.717) is 6.54 Å². The molecule has 2 heterocycles. The van der Waals surface area contributed by atoms with E-state index in [1.807, 2.05) is 36.5 Å². The Kier molecular flexibility index (Phi) is 4.00. The van der Waals surface area contributed by atoms with E-state index in [-0.39, 0.29) is 17.0 Å². The number of para-hydroxylation sites is 1. The zero-order chi connectivity index (χ0) is 15.4. The number of carbonyl (C=O) groups excluding carboxylic acids is 1. The molecular weight excluding hydrogens is 280 g/mol. The van der Waals surface area contributed by atoms with Gasteiger partial charge in [-0.05, 0) is 30.0 Å². The number of benzene rings is 1. The van der Waals surface area contributed by atoms with Crippen LogP contribution in [-0.4, -0.2) is 27.2 Å². The summed E-state index contributed by atoms with van der Waals surface area (Å²) >= 11 is 0. The van der Waals surface area contributed by atoms with Crippen molar-refractivity contribution < 1.29 is 4.79 Å². The minimum absolute atomic E-state index is 0.137. The van der Waals surface area contributed by atoms with Crippen molar-refractivity contribution in [3.8, 4) is 0 Å². The average molecular weight is 296 g/mol. The molecule has 0 bridgehead atoms. The molecule has 0 saturated heterocycles. The first kappa shape index (κ1) is 14.1. The summed E-state index contributed by atoms with van der Waals surface area (Å²) in [5.74, 6) is -0.354. The fraction of sp³-hybridized carbons (Fsp3) is 0.188. The van der Waals surface area contributed by atoms with Crippen molar-refractivity contribution in [2.45, 2.75) is 13.0 Å². The standard InChI is InChI=1S/C16H16N4O2/c21-15(17-7-3-9-20-10-4-8-18-20)13-11-12-5-1-2-6-14(12)19-16(13)22/h1-2,4-6,8,10-11H,3,7,9H2,(H,17,21)(H,19,22). The second kappa shape index (κ2) is 6.26. The molecule has 2 aromatic heterocycles. The summed E-state index contributed by atoms with van der Waals surface area (Å²) in [5, 5.41) is 7.69. The molecule has 0 aliphatic heterocycles. The van der Waals surface area contributed by atoms with E-state index in [4.69, 9.17) is 0 Å². The lowest BCUT2D eigenvalue weighted by molar-refractivity contribution is 0.0951. The minimum atomic E-state index is -0.372. The highest BCUT2D eigenvalue weighted by molar-refractivity contribution is 5.97. The summed E-state index contributed by atoms with van der Waals surface area (Å²) in [6, 6.07) is 10.9. The van der Waals surface area contributed by atoms with Crippen LogP contribution in [0.5, 0.6) is 0 Å². The number of nitrogens with zero attached hydrogens (tertiary/aromatic N) is 2. The number of hydrogen-bond donors (Lipinski definition) is 2. The van der Waals surface area contributed by atoms with Gasteiger partial charge in [0.2, 0.25) is 0 Å². The Morgan fingerprint density at radius 1 is 1.27 bits per heavy atom. The number of carbonyl (C=O) groups is 1. The minimum Gasteiger partial charge on any atom is -0.352 e. The molecule has 112 valence electrons. The number of aromatic nitrogens is 3. The Bertz CT molecular complexity index is 837. The molecule has 1 amide bonds. The molecule has 3 rings (SSSR count). The number of pyridine rings is 1. The second-order valence-corrected chi connectivity index (χ2v) is 4.98. The number of fused-ring (bicyclic) bond motifs is 1. The number of H-pyrrole nitrogens is 1. The monoisotopic (exact) mass is 296 g/mol. The molecule has 0 aliphatic carbocycles. The van der Waals surface area contributed by atoms with Crippen LogP contribution in [-0.2, 0) is 6.54 Å². The van der Waals surface area contributed by atoms with Crippen LogP contribution in [0.2, 0.25) is 0 Å². The van der Waals surface area contributed by atoms with Gasteiger partial charge >= 0.3 is 0 Å². The smallest absolute Gasteiger partial charge is 0.261 e. The lowest BCUT2D eigenvalue weighted by atomic mass is 10.1. The molecule has 2 N–H and O–H groups in total. The summed E-state index contributed by atoms with van der Waals surface area (Å²) in [6.07, 6.45) is 4.34. The number of amides is 1. The zero-order valence-corrected chi connectivity index (χ0v) is 12.0. The van der Waals surface area contributed by atoms with Gasteiger partial charge in [0.15, 0.2) is 0 Å². The van der Waals surface area contributed by atoms with Gasteiger partial charge in [-0.2, -0.15) is 5.10 Å². The SMILES string of the molecule is O=C(NCCCn1cccn1)c1cc2ccccc2[nH]c1=O. The van der Waals surface area contributed by atoms with Crippen molar-refractivity contribution >= 4 is 16.8 Å². The van der Waals surface area contributed by atoms with Gasteiger partial charge in [-0.3, -0.25) is 14.3 Å². The highest BCUT2D eigenvalue weighted by Gasteiger charge is 2.11. The van der Waals surface area contributed by atoms with Crippen LogP contribution in [0.4, 0.5) is 0 Å². The lowest BCUT2D eigenvalue weighted by Gasteiger charge is -2.06. The van der Waals surface area contributed by atoms with Gasteiger partial charge in [0, 0.05) is 31.0 Å². The van der Waals surface area contributed by atoms with Crippen LogP contribution in [0.25, 0.3) is 10.9 Å². The largest absolute Gasteiger partial charge is 0.352 e. The number of nitrogens with one attached hydrogen (secondary N) is 2. The summed E-state index contributed by atoms with van der Waals surface area (Å²) in [7, 11) is 0. The Morgan fingerprint density at radius 2 is 2.14 bits per heavy atom. The molecule has 0 fully saturated rings. The van der Waals surface area contributed by atoms with Gasteiger partial charge in [0.25, 0.3) is 11.5 Å². The van der Waals surface area contributed by atoms with Crippen LogP contribution >= 0.6 is 0 Å². The van der Waals surface area contributed by atoms with Crippen LogP contribution in [0.1, 0.15) is 16.8 Å². The first-order valence-corrected chi connectivity index (χ1v) is 7.12. The van der Waals surface area contributed by atoms with Gasteiger partial charge in [-0.15, -0.1) is 0 Å². The highest BCUT2D eigenvalue weighted by Crippen LogP contribution is 2.09. The van der Waals surface area contributed by atoms with E-state index in [2.05, 4.69) is 15.4 Å². The van der Waals surface area contributed by atoms with Crippen molar-refractivity contribution in [2.75, 3.05) is 6.54 Å². The summed E-state index contributed by atoms with van der Waals surface area (Å²) < 4.78 is 1.80. The number of aromatic amines is 1. The molecule has 0 aliphatic rings. The van der Waals surface area contributed by atoms with Crippen LogP contribution in [0.3, 0.4) is 0 Å². The predicted octanol–water partition coefficient (Wildman–Crippen LogP) is 1.54. The molecule has 0 saturated carbocycles. The van der Waals surface area contributed by atoms with Gasteiger partial charge in [-0.1, -0.05) is 18.2 Å². The third-order valence-electron chi connectivity index (χ3n) is 3.41. The Hall–Kier alpha value is -2.89. The van der Waals surface area contributed by atoms with Crippen molar-refractivity contribution in [3.05, 3.63) is 64.7 Å². The highest BCUT2D eigenvalue weighted by atomic mass is 16.2. The molecule has 0 radical (unpaired) electrons. The van der Waals surface area contributed by atoms with E-state index in [0.717, 1.165) is 23.9 Å². The van der Waals surface area contributed by atoms with Gasteiger partial charge in [0.05, 0.1) is 0 Å². The van der Waals surface area contributed by atoms with E-state index in [1.54, 1.807) is 16.9 Å². The zero-order valence-electron chi connectivity index (χ0n) is 12.0.